The molecule has 1 spiro atoms. The van der Waals surface area contributed by atoms with Crippen LogP contribution in [0.1, 0.15) is 98.3 Å². The number of hydrogen-bond donors (Lipinski definition) is 1. The van der Waals surface area contributed by atoms with Gasteiger partial charge in [0, 0.05) is 28.5 Å². The molecule has 186 valence electrons. The summed E-state index contributed by atoms with van der Waals surface area (Å²) in [5, 5.41) is 10.9. The van der Waals surface area contributed by atoms with Crippen LogP contribution >= 0.6 is 0 Å². The number of aromatic hydroxyl groups is 1. The highest BCUT2D eigenvalue weighted by Gasteiger charge is 2.60. The van der Waals surface area contributed by atoms with Gasteiger partial charge in [-0.25, -0.2) is 0 Å². The van der Waals surface area contributed by atoms with E-state index in [2.05, 4.69) is 33.8 Å². The largest absolute Gasteiger partial charge is 0.507 e. The van der Waals surface area contributed by atoms with Crippen molar-refractivity contribution in [3.63, 3.8) is 0 Å². The zero-order chi connectivity index (χ0) is 25.1. The average Bonchev–Trinajstić information content (AvgIpc) is 3.19. The number of benzene rings is 2. The summed E-state index contributed by atoms with van der Waals surface area (Å²) in [6, 6.07) is 5.24. The van der Waals surface area contributed by atoms with Gasteiger partial charge in [0.25, 0.3) is 0 Å². The molecule has 3 aliphatic rings. The van der Waals surface area contributed by atoms with Gasteiger partial charge in [0.15, 0.2) is 0 Å². The van der Waals surface area contributed by atoms with E-state index in [1.54, 1.807) is 26.4 Å². The Labute approximate surface area is 208 Å². The average molecular weight is 477 g/mol. The molecule has 0 radical (unpaired) electrons. The number of unbranched alkanes of at least 4 members (excludes halogenated alkanes) is 1. The first-order valence-electron chi connectivity index (χ1n) is 12.7. The molecule has 3 aliphatic carbocycles. The molecule has 0 aliphatic heterocycles. The predicted octanol–water partition coefficient (Wildman–Crippen LogP) is 6.67. The number of hydrogen-bond acceptors (Lipinski definition) is 5. The number of ether oxygens (including phenoxy) is 3. The molecule has 2 aromatic rings. The molecule has 0 amide bonds. The van der Waals surface area contributed by atoms with Gasteiger partial charge in [0.05, 0.1) is 32.0 Å². The summed E-state index contributed by atoms with van der Waals surface area (Å²) in [6.07, 6.45) is 7.11. The van der Waals surface area contributed by atoms with Crippen LogP contribution in [0, 0.1) is 5.41 Å². The summed E-state index contributed by atoms with van der Waals surface area (Å²) in [4.78, 5) is 14.1. The summed E-state index contributed by atoms with van der Waals surface area (Å²) in [6.45, 7) is 9.53. The van der Waals surface area contributed by atoms with Crippen molar-refractivity contribution in [3.8, 4) is 23.0 Å². The van der Waals surface area contributed by atoms with Gasteiger partial charge in [-0.05, 0) is 55.7 Å². The van der Waals surface area contributed by atoms with Crippen molar-refractivity contribution in [3.05, 3.63) is 57.7 Å². The highest BCUT2D eigenvalue weighted by atomic mass is 16.5. The lowest BCUT2D eigenvalue weighted by atomic mass is 9.54. The third-order valence-corrected chi connectivity index (χ3v) is 8.81. The summed E-state index contributed by atoms with van der Waals surface area (Å²) in [5.41, 5.74) is 4.75. The van der Waals surface area contributed by atoms with Crippen molar-refractivity contribution in [2.45, 2.75) is 71.1 Å². The van der Waals surface area contributed by atoms with E-state index in [0.717, 1.165) is 54.5 Å². The van der Waals surface area contributed by atoms with Gasteiger partial charge in [0.1, 0.15) is 23.0 Å². The molecule has 35 heavy (non-hydrogen) atoms. The number of ketones is 1. The van der Waals surface area contributed by atoms with Crippen molar-refractivity contribution in [2.75, 3.05) is 20.8 Å². The zero-order valence-corrected chi connectivity index (χ0v) is 21.7. The van der Waals surface area contributed by atoms with Gasteiger partial charge in [-0.3, -0.25) is 4.79 Å². The molecule has 5 rings (SSSR count). The lowest BCUT2D eigenvalue weighted by molar-refractivity contribution is 0.102. The van der Waals surface area contributed by atoms with Crippen LogP contribution in [0.2, 0.25) is 0 Å². The minimum atomic E-state index is -0.300. The fourth-order valence-electron chi connectivity index (χ4n) is 7.05. The van der Waals surface area contributed by atoms with E-state index in [1.807, 2.05) is 6.07 Å². The molecule has 1 N–H and O–H groups in total. The number of fused-ring (bicyclic) bond motifs is 3. The van der Waals surface area contributed by atoms with Crippen molar-refractivity contribution in [2.24, 2.45) is 5.41 Å². The number of carbonyl (C=O) groups excluding carboxylic acids is 1. The molecule has 0 bridgehead atoms. The van der Waals surface area contributed by atoms with Crippen LogP contribution in [-0.2, 0) is 5.41 Å². The Morgan fingerprint density at radius 2 is 1.80 bits per heavy atom. The molecular weight excluding hydrogens is 440 g/mol. The molecule has 5 nitrogen and oxygen atoms in total. The number of methoxy groups -OCH3 is 2. The van der Waals surface area contributed by atoms with Crippen LogP contribution < -0.4 is 14.2 Å². The number of allylic oxidation sites excluding steroid dienone is 2. The Hall–Kier alpha value is -2.95. The van der Waals surface area contributed by atoms with Crippen molar-refractivity contribution >= 4 is 5.78 Å². The topological polar surface area (TPSA) is 65.0 Å². The smallest absolute Gasteiger partial charge is 0.201 e. The summed E-state index contributed by atoms with van der Waals surface area (Å²) >= 11 is 0. The van der Waals surface area contributed by atoms with E-state index < -0.39 is 0 Å². The molecule has 2 atom stereocenters. The second-order valence-electron chi connectivity index (χ2n) is 10.8. The highest BCUT2D eigenvalue weighted by molar-refractivity contribution is 6.17. The Balaban J connectivity index is 1.89. The summed E-state index contributed by atoms with van der Waals surface area (Å²) in [7, 11) is 3.33. The molecule has 5 heteroatoms. The van der Waals surface area contributed by atoms with E-state index in [4.69, 9.17) is 14.2 Å². The first-order chi connectivity index (χ1) is 16.7. The Morgan fingerprint density at radius 1 is 1.06 bits per heavy atom. The van der Waals surface area contributed by atoms with E-state index in [0.29, 0.717) is 29.2 Å². The quantitative estimate of drug-likeness (QED) is 0.372. The Kier molecular flexibility index (Phi) is 5.65. The minimum Gasteiger partial charge on any atom is -0.507 e. The number of rotatable bonds is 6. The Bertz CT molecular complexity index is 1240. The monoisotopic (exact) mass is 476 g/mol. The van der Waals surface area contributed by atoms with Gasteiger partial charge >= 0.3 is 0 Å². The van der Waals surface area contributed by atoms with Crippen molar-refractivity contribution in [1.82, 2.24) is 0 Å². The second-order valence-corrected chi connectivity index (χ2v) is 10.8. The molecule has 0 aromatic heterocycles. The molecule has 0 heterocycles. The first kappa shape index (κ1) is 23.8. The van der Waals surface area contributed by atoms with Crippen LogP contribution in [0.5, 0.6) is 23.0 Å². The molecule has 0 saturated carbocycles. The highest BCUT2D eigenvalue weighted by Crippen LogP contribution is 2.68. The lowest BCUT2D eigenvalue weighted by Gasteiger charge is -2.49. The van der Waals surface area contributed by atoms with Gasteiger partial charge in [0.2, 0.25) is 5.78 Å². The van der Waals surface area contributed by atoms with Gasteiger partial charge in [-0.2, -0.15) is 0 Å². The molecule has 0 fully saturated rings. The van der Waals surface area contributed by atoms with Gasteiger partial charge < -0.3 is 19.3 Å². The lowest BCUT2D eigenvalue weighted by Crippen LogP contribution is -2.43. The minimum absolute atomic E-state index is 0.00977. The van der Waals surface area contributed by atoms with Crippen LogP contribution in [0.4, 0.5) is 0 Å². The van der Waals surface area contributed by atoms with Gasteiger partial charge in [-0.1, -0.05) is 38.8 Å². The Morgan fingerprint density at radius 3 is 2.46 bits per heavy atom. The van der Waals surface area contributed by atoms with Gasteiger partial charge in [-0.15, -0.1) is 0 Å². The number of phenolic OH excluding ortho intramolecular Hbond substituents is 1. The van der Waals surface area contributed by atoms with E-state index in [-0.39, 0.29) is 28.3 Å². The van der Waals surface area contributed by atoms with Crippen LogP contribution in [-0.4, -0.2) is 31.7 Å². The summed E-state index contributed by atoms with van der Waals surface area (Å²) in [5.74, 6) is 1.63. The third-order valence-electron chi connectivity index (χ3n) is 8.81. The summed E-state index contributed by atoms with van der Waals surface area (Å²) < 4.78 is 18.0. The van der Waals surface area contributed by atoms with Crippen LogP contribution in [0.3, 0.4) is 0 Å². The van der Waals surface area contributed by atoms with E-state index in [9.17, 15) is 9.90 Å². The zero-order valence-electron chi connectivity index (χ0n) is 21.7. The maximum absolute atomic E-state index is 14.1. The third kappa shape index (κ3) is 3.09. The maximum Gasteiger partial charge on any atom is 0.201 e. The van der Waals surface area contributed by atoms with E-state index in [1.165, 1.54) is 5.57 Å². The molecular formula is C30H36O5. The fourth-order valence-corrected chi connectivity index (χ4v) is 7.05. The first-order valence-corrected chi connectivity index (χ1v) is 12.7. The molecule has 0 saturated heterocycles. The van der Waals surface area contributed by atoms with Crippen molar-refractivity contribution < 1.29 is 24.1 Å². The SMILES string of the molecule is CCCCOc1cc(OC)c2c3c1C(=O)c1c(O)ccc(OC)c1[C@H]3C[C@@]21C(C)=CCCC1(C)C. The second kappa shape index (κ2) is 8.32. The normalized spacial score (nSPS) is 23.5. The maximum atomic E-state index is 14.1. The molecule has 0 unspecified atom stereocenters. The predicted molar refractivity (Wildman–Crippen MR) is 136 cm³/mol. The number of phenols is 1. The van der Waals surface area contributed by atoms with E-state index >= 15 is 0 Å². The fraction of sp³-hybridized carbons (Fsp3) is 0.500. The standard InChI is InChI=1S/C30H36O5/c1-7-8-14-35-21-15-22(34-6)27-24-18(16-30(27)17(2)10-9-13-29(30,3)4)23-20(33-5)12-11-19(31)25(23)28(32)26(21)24/h10-12,15,18,31H,7-9,13-14,16H2,1-6H3/t18-,30-/m1/s1. The molecule has 2 aromatic carbocycles. The van der Waals surface area contributed by atoms with Crippen LogP contribution in [0.15, 0.2) is 29.8 Å². The van der Waals surface area contributed by atoms with Crippen molar-refractivity contribution in [1.29, 1.82) is 0 Å². The van der Waals surface area contributed by atoms with Crippen LogP contribution in [0.25, 0.3) is 0 Å². The number of carbonyl (C=O) groups is 1.